The van der Waals surface area contributed by atoms with Crippen molar-refractivity contribution < 1.29 is 35.5 Å². The summed E-state index contributed by atoms with van der Waals surface area (Å²) < 4.78 is 97.6. The lowest BCUT2D eigenvalue weighted by Gasteiger charge is -2.29. The van der Waals surface area contributed by atoms with Gasteiger partial charge in [-0.2, -0.15) is 0 Å². The van der Waals surface area contributed by atoms with Crippen LogP contribution in [0, 0.1) is 35.1 Å². The second kappa shape index (κ2) is 11.7. The Morgan fingerprint density at radius 2 is 1.43 bits per heavy atom. The Labute approximate surface area is 201 Å². The molecule has 2 aromatic carbocycles. The van der Waals surface area contributed by atoms with E-state index in [2.05, 4.69) is 18.6 Å². The Morgan fingerprint density at radius 1 is 0.857 bits per heavy atom. The standard InChI is InChI=1S/C27H31F7O/c1-3-16(2)4-5-17-6-9-19(10-7-17)20-14-22(28)21(23(29)15-20)11-8-18-12-24(30)26(25(31)13-18)35-27(32,33)34/h12-17,19H,3-11H2,1-2H3. The molecule has 194 valence electrons. The Bertz CT molecular complexity index is 947. The van der Waals surface area contributed by atoms with Crippen molar-refractivity contribution in [3.63, 3.8) is 0 Å². The van der Waals surface area contributed by atoms with Crippen LogP contribution in [0.5, 0.6) is 5.75 Å². The lowest BCUT2D eigenvalue weighted by molar-refractivity contribution is -0.276. The molecule has 2 aromatic rings. The lowest BCUT2D eigenvalue weighted by atomic mass is 9.76. The fourth-order valence-electron chi connectivity index (χ4n) is 4.85. The number of halogens is 7. The summed E-state index contributed by atoms with van der Waals surface area (Å²) in [5.74, 6) is -4.61. The first-order valence-electron chi connectivity index (χ1n) is 12.2. The molecule has 1 aliphatic rings. The third-order valence-corrected chi connectivity index (χ3v) is 7.19. The molecule has 1 aliphatic carbocycles. The number of hydrogen-bond acceptors (Lipinski definition) is 1. The van der Waals surface area contributed by atoms with Crippen LogP contribution in [-0.4, -0.2) is 6.36 Å². The maximum atomic E-state index is 14.8. The summed E-state index contributed by atoms with van der Waals surface area (Å²) in [5.41, 5.74) is 0.371. The van der Waals surface area contributed by atoms with Crippen LogP contribution in [0.1, 0.15) is 81.4 Å². The van der Waals surface area contributed by atoms with Crippen molar-refractivity contribution in [2.24, 2.45) is 11.8 Å². The largest absolute Gasteiger partial charge is 0.573 e. The minimum absolute atomic E-state index is 0.0342. The summed E-state index contributed by atoms with van der Waals surface area (Å²) in [7, 11) is 0. The quantitative estimate of drug-likeness (QED) is 0.310. The molecule has 1 nitrogen and oxygen atoms in total. The van der Waals surface area contributed by atoms with Gasteiger partial charge in [-0.1, -0.05) is 33.1 Å². The second-order valence-corrected chi connectivity index (χ2v) is 9.71. The van der Waals surface area contributed by atoms with Gasteiger partial charge in [-0.05, 0) is 91.7 Å². The van der Waals surface area contributed by atoms with Crippen LogP contribution in [-0.2, 0) is 12.8 Å². The molecule has 1 atom stereocenters. The smallest absolute Gasteiger partial charge is 0.399 e. The molecule has 0 spiro atoms. The van der Waals surface area contributed by atoms with E-state index in [9.17, 15) is 30.7 Å². The van der Waals surface area contributed by atoms with Gasteiger partial charge in [0, 0.05) is 5.56 Å². The molecule has 35 heavy (non-hydrogen) atoms. The fourth-order valence-corrected chi connectivity index (χ4v) is 4.85. The summed E-state index contributed by atoms with van der Waals surface area (Å²) in [6.07, 6.45) is 1.81. The molecule has 1 fully saturated rings. The highest BCUT2D eigenvalue weighted by Crippen LogP contribution is 2.39. The van der Waals surface area contributed by atoms with Crippen molar-refractivity contribution >= 4 is 0 Å². The Hall–Kier alpha value is -2.25. The molecule has 0 amide bonds. The van der Waals surface area contributed by atoms with Crippen LogP contribution in [0.2, 0.25) is 0 Å². The molecule has 8 heteroatoms. The number of rotatable bonds is 9. The zero-order valence-electron chi connectivity index (χ0n) is 20.0. The van der Waals surface area contributed by atoms with Crippen LogP contribution in [0.3, 0.4) is 0 Å². The van der Waals surface area contributed by atoms with Gasteiger partial charge in [-0.15, -0.1) is 13.2 Å². The number of aryl methyl sites for hydroxylation is 1. The SMILES string of the molecule is CCC(C)CCC1CCC(c2cc(F)c(CCc3cc(F)c(OC(F)(F)F)c(F)c3)c(F)c2)CC1. The number of benzene rings is 2. The highest BCUT2D eigenvalue weighted by atomic mass is 19.4. The van der Waals surface area contributed by atoms with E-state index < -0.39 is 35.4 Å². The number of hydrogen-bond donors (Lipinski definition) is 0. The highest BCUT2D eigenvalue weighted by molar-refractivity contribution is 5.33. The summed E-state index contributed by atoms with van der Waals surface area (Å²) in [6.45, 7) is 4.44. The topological polar surface area (TPSA) is 9.23 Å². The van der Waals surface area contributed by atoms with Gasteiger partial charge in [0.2, 0.25) is 5.75 Å². The van der Waals surface area contributed by atoms with E-state index in [1.165, 1.54) is 31.4 Å². The molecule has 0 heterocycles. The van der Waals surface area contributed by atoms with Gasteiger partial charge >= 0.3 is 6.36 Å². The van der Waals surface area contributed by atoms with E-state index in [1.54, 1.807) is 0 Å². The van der Waals surface area contributed by atoms with E-state index in [-0.39, 0.29) is 29.9 Å². The summed E-state index contributed by atoms with van der Waals surface area (Å²) >= 11 is 0. The third-order valence-electron chi connectivity index (χ3n) is 7.19. The van der Waals surface area contributed by atoms with Gasteiger partial charge < -0.3 is 4.74 Å². The Morgan fingerprint density at radius 3 is 1.94 bits per heavy atom. The van der Waals surface area contributed by atoms with Gasteiger partial charge in [-0.3, -0.25) is 0 Å². The predicted octanol–water partition coefficient (Wildman–Crippen LogP) is 9.03. The van der Waals surface area contributed by atoms with E-state index >= 15 is 0 Å². The first-order chi connectivity index (χ1) is 16.5. The first-order valence-corrected chi connectivity index (χ1v) is 12.2. The molecule has 3 rings (SSSR count). The van der Waals surface area contributed by atoms with Crippen molar-refractivity contribution in [1.82, 2.24) is 0 Å². The molecular formula is C27H31F7O. The first kappa shape index (κ1) is 27.3. The summed E-state index contributed by atoms with van der Waals surface area (Å²) in [4.78, 5) is 0. The molecule has 0 aliphatic heterocycles. The van der Waals surface area contributed by atoms with E-state index in [1.807, 2.05) is 0 Å². The summed E-state index contributed by atoms with van der Waals surface area (Å²) in [6, 6.07) is 4.02. The van der Waals surface area contributed by atoms with Crippen LogP contribution < -0.4 is 4.74 Å². The molecular weight excluding hydrogens is 473 g/mol. The molecule has 1 unspecified atom stereocenters. The number of alkyl halides is 3. The maximum Gasteiger partial charge on any atom is 0.573 e. The zero-order valence-corrected chi connectivity index (χ0v) is 20.0. The average Bonchev–Trinajstić information content (AvgIpc) is 2.79. The average molecular weight is 505 g/mol. The Balaban J connectivity index is 1.62. The van der Waals surface area contributed by atoms with Crippen LogP contribution >= 0.6 is 0 Å². The van der Waals surface area contributed by atoms with E-state index in [0.717, 1.165) is 25.7 Å². The van der Waals surface area contributed by atoms with Gasteiger partial charge in [0.15, 0.2) is 11.6 Å². The van der Waals surface area contributed by atoms with Crippen LogP contribution in [0.4, 0.5) is 30.7 Å². The van der Waals surface area contributed by atoms with Gasteiger partial charge in [0.25, 0.3) is 0 Å². The number of ether oxygens (including phenoxy) is 1. The summed E-state index contributed by atoms with van der Waals surface area (Å²) in [5, 5.41) is 0. The molecule has 0 saturated heterocycles. The molecule has 0 radical (unpaired) electrons. The highest BCUT2D eigenvalue weighted by Gasteiger charge is 2.34. The van der Waals surface area contributed by atoms with Crippen molar-refractivity contribution in [1.29, 1.82) is 0 Å². The molecule has 0 bridgehead atoms. The minimum atomic E-state index is -5.25. The van der Waals surface area contributed by atoms with Gasteiger partial charge in [0.1, 0.15) is 11.6 Å². The van der Waals surface area contributed by atoms with E-state index in [0.29, 0.717) is 29.5 Å². The predicted molar refractivity (Wildman–Crippen MR) is 120 cm³/mol. The van der Waals surface area contributed by atoms with Crippen LogP contribution in [0.25, 0.3) is 0 Å². The van der Waals surface area contributed by atoms with Crippen LogP contribution in [0.15, 0.2) is 24.3 Å². The monoisotopic (exact) mass is 504 g/mol. The Kier molecular flexibility index (Phi) is 9.11. The fraction of sp³-hybridized carbons (Fsp3) is 0.556. The third kappa shape index (κ3) is 7.61. The maximum absolute atomic E-state index is 14.8. The zero-order chi connectivity index (χ0) is 25.8. The van der Waals surface area contributed by atoms with Gasteiger partial charge in [0.05, 0.1) is 0 Å². The molecule has 0 aromatic heterocycles. The lowest BCUT2D eigenvalue weighted by Crippen LogP contribution is -2.19. The van der Waals surface area contributed by atoms with Crippen molar-refractivity contribution in [2.75, 3.05) is 0 Å². The second-order valence-electron chi connectivity index (χ2n) is 9.71. The minimum Gasteiger partial charge on any atom is -0.399 e. The van der Waals surface area contributed by atoms with Crippen molar-refractivity contribution in [3.05, 3.63) is 64.2 Å². The van der Waals surface area contributed by atoms with Crippen molar-refractivity contribution in [2.45, 2.75) is 83.9 Å². The molecule has 1 saturated carbocycles. The molecule has 0 N–H and O–H groups in total. The van der Waals surface area contributed by atoms with Crippen molar-refractivity contribution in [3.8, 4) is 5.75 Å². The van der Waals surface area contributed by atoms with Gasteiger partial charge in [-0.25, -0.2) is 17.6 Å². The van der Waals surface area contributed by atoms with E-state index in [4.69, 9.17) is 0 Å². The normalized spacial score (nSPS) is 19.6.